The van der Waals surface area contributed by atoms with E-state index in [4.69, 9.17) is 23.3 Å². The van der Waals surface area contributed by atoms with Crippen LogP contribution in [0.15, 0.2) is 60.9 Å². The zero-order valence-corrected chi connectivity index (χ0v) is 39.9. The minimum absolute atomic E-state index is 0.0595. The highest BCUT2D eigenvalue weighted by Gasteiger charge is 2.48. The first-order valence-electron chi connectivity index (χ1n) is 24.3. The third-order valence-electron chi connectivity index (χ3n) is 10.7. The van der Waals surface area contributed by atoms with Gasteiger partial charge in [0.15, 0.2) is 6.10 Å². The summed E-state index contributed by atoms with van der Waals surface area (Å²) in [6.45, 7) is 2.81. The Hall–Kier alpha value is -2.16. The summed E-state index contributed by atoms with van der Waals surface area (Å²) in [4.78, 5) is 23.0. The van der Waals surface area contributed by atoms with Crippen molar-refractivity contribution in [1.29, 1.82) is 0 Å². The van der Waals surface area contributed by atoms with Crippen molar-refractivity contribution in [2.45, 2.75) is 205 Å². The van der Waals surface area contributed by atoms with Gasteiger partial charge < -0.3 is 44.8 Å². The molecule has 63 heavy (non-hydrogen) atoms. The van der Waals surface area contributed by atoms with Crippen molar-refractivity contribution in [3.63, 3.8) is 0 Å². The topological polar surface area (TPSA) is 193 Å². The maximum atomic E-state index is 12.7. The number of unbranched alkanes of at least 4 members (excludes halogenated alkanes) is 18. The Bertz CT molecular complexity index is 1290. The number of hydrogen-bond donors (Lipinski definition) is 6. The highest BCUT2D eigenvalue weighted by molar-refractivity contribution is 7.47. The van der Waals surface area contributed by atoms with Gasteiger partial charge in [0.25, 0.3) is 0 Å². The van der Waals surface area contributed by atoms with E-state index in [9.17, 15) is 34.7 Å². The molecule has 1 fully saturated rings. The van der Waals surface area contributed by atoms with E-state index in [-0.39, 0.29) is 39.3 Å². The SMILES string of the molecule is CCCCC/C=C\C/C=C\C/C=C\C/C=C\CCCC(=O)O[C@H](CO/C=C\CCCCCCCCCCCCCCCC)COP(=O)(O)OCCNC[C@@]1(O)OC[C@@H](O)[C@@H](O)[C@@H]1O. The van der Waals surface area contributed by atoms with Crippen LogP contribution >= 0.6 is 7.82 Å². The Morgan fingerprint density at radius 3 is 1.78 bits per heavy atom. The number of aliphatic hydroxyl groups is 4. The predicted octanol–water partition coefficient (Wildman–Crippen LogP) is 9.97. The van der Waals surface area contributed by atoms with Gasteiger partial charge in [0.2, 0.25) is 5.79 Å². The van der Waals surface area contributed by atoms with E-state index < -0.39 is 50.6 Å². The smallest absolute Gasteiger partial charge is 0.472 e. The van der Waals surface area contributed by atoms with Crippen molar-refractivity contribution in [3.05, 3.63) is 60.9 Å². The van der Waals surface area contributed by atoms with Gasteiger partial charge in [-0.05, 0) is 63.9 Å². The highest BCUT2D eigenvalue weighted by atomic mass is 31.2. The molecule has 0 aliphatic carbocycles. The maximum Gasteiger partial charge on any atom is 0.472 e. The Morgan fingerprint density at radius 1 is 0.698 bits per heavy atom. The van der Waals surface area contributed by atoms with Gasteiger partial charge in [0, 0.05) is 13.0 Å². The molecule has 0 bridgehead atoms. The Morgan fingerprint density at radius 2 is 1.19 bits per heavy atom. The molecule has 1 rings (SSSR count). The first-order valence-corrected chi connectivity index (χ1v) is 25.8. The lowest BCUT2D eigenvalue weighted by Gasteiger charge is -2.41. The van der Waals surface area contributed by atoms with E-state index in [1.165, 1.54) is 96.3 Å². The third kappa shape index (κ3) is 33.9. The van der Waals surface area contributed by atoms with Crippen molar-refractivity contribution < 1.29 is 57.9 Å². The van der Waals surface area contributed by atoms with Crippen LogP contribution < -0.4 is 5.32 Å². The van der Waals surface area contributed by atoms with Gasteiger partial charge in [-0.2, -0.15) is 0 Å². The number of aliphatic hydroxyl groups excluding tert-OH is 3. The van der Waals surface area contributed by atoms with Gasteiger partial charge in [0.05, 0.1) is 32.6 Å². The summed E-state index contributed by atoms with van der Waals surface area (Å²) in [5.41, 5.74) is 0. The van der Waals surface area contributed by atoms with Crippen molar-refractivity contribution in [1.82, 2.24) is 5.32 Å². The fourth-order valence-electron chi connectivity index (χ4n) is 6.80. The molecular weight excluding hydrogens is 826 g/mol. The summed E-state index contributed by atoms with van der Waals surface area (Å²) >= 11 is 0. The number of carbonyl (C=O) groups is 1. The van der Waals surface area contributed by atoms with Crippen LogP contribution in [-0.4, -0.2) is 101 Å². The van der Waals surface area contributed by atoms with E-state index >= 15 is 0 Å². The number of phosphoric ester groups is 1. The number of esters is 1. The van der Waals surface area contributed by atoms with E-state index in [1.54, 1.807) is 6.26 Å². The molecule has 14 heteroatoms. The average molecular weight is 914 g/mol. The standard InChI is InChI=1S/C49H88NO12P/c1-3-5-7-9-11-13-15-17-19-21-22-24-26-28-30-32-34-36-46(52)62-44(40-58-38-35-33-31-29-27-25-23-20-18-16-14-12-10-8-6-4-2)41-61-63(56,57)60-39-37-50-43-49(55)48(54)47(53)45(51)42-59-49/h11,13,17,19,22,24,28,30,35,38,44-45,47-48,50-51,53-55H,3-10,12,14-16,18,20-21,23,25-27,29,31-34,36-37,39-43H2,1-2H3,(H,56,57)/b13-11-,19-17-,24-22-,30-28-,38-35-/t44-,45-,47-,48+,49-/m1/s1. The van der Waals surface area contributed by atoms with Gasteiger partial charge in [-0.3, -0.25) is 13.8 Å². The summed E-state index contributed by atoms with van der Waals surface area (Å²) in [5, 5.41) is 42.7. The molecule has 1 saturated heterocycles. The lowest BCUT2D eigenvalue weighted by atomic mass is 9.97. The molecule has 0 amide bonds. The Labute approximate surface area is 381 Å². The van der Waals surface area contributed by atoms with Gasteiger partial charge in [0.1, 0.15) is 24.9 Å². The van der Waals surface area contributed by atoms with Crippen molar-refractivity contribution in [2.75, 3.05) is 39.5 Å². The molecule has 1 heterocycles. The summed E-state index contributed by atoms with van der Waals surface area (Å²) in [6, 6.07) is 0. The van der Waals surface area contributed by atoms with Crippen LogP contribution in [0, 0.1) is 0 Å². The monoisotopic (exact) mass is 914 g/mol. The number of phosphoric acid groups is 1. The molecule has 0 radical (unpaired) electrons. The number of ether oxygens (including phenoxy) is 3. The molecule has 0 spiro atoms. The molecule has 0 saturated carbocycles. The fourth-order valence-corrected chi connectivity index (χ4v) is 7.55. The van der Waals surface area contributed by atoms with Crippen LogP contribution in [0.5, 0.6) is 0 Å². The zero-order valence-electron chi connectivity index (χ0n) is 39.0. The first-order chi connectivity index (χ1) is 30.5. The van der Waals surface area contributed by atoms with Gasteiger partial charge in [-0.25, -0.2) is 4.57 Å². The zero-order chi connectivity index (χ0) is 46.1. The van der Waals surface area contributed by atoms with Crippen LogP contribution in [0.2, 0.25) is 0 Å². The normalized spacial score (nSPS) is 21.1. The van der Waals surface area contributed by atoms with Crippen LogP contribution in [0.3, 0.4) is 0 Å². The molecule has 1 unspecified atom stereocenters. The summed E-state index contributed by atoms with van der Waals surface area (Å²) in [5.74, 6) is -2.65. The van der Waals surface area contributed by atoms with E-state index in [1.807, 2.05) is 12.2 Å². The number of nitrogens with one attached hydrogen (secondary N) is 1. The third-order valence-corrected chi connectivity index (χ3v) is 11.7. The van der Waals surface area contributed by atoms with Gasteiger partial charge >= 0.3 is 13.8 Å². The fraction of sp³-hybridized carbons (Fsp3) is 0.776. The van der Waals surface area contributed by atoms with Crippen LogP contribution in [-0.2, 0) is 32.6 Å². The Kier molecular flexibility index (Phi) is 37.5. The first kappa shape index (κ1) is 58.9. The van der Waals surface area contributed by atoms with E-state index in [2.05, 4.69) is 61.7 Å². The van der Waals surface area contributed by atoms with Crippen molar-refractivity contribution in [2.24, 2.45) is 0 Å². The molecule has 366 valence electrons. The largest absolute Gasteiger partial charge is 0.498 e. The summed E-state index contributed by atoms with van der Waals surface area (Å²) in [6.07, 6.45) is 43.1. The van der Waals surface area contributed by atoms with Crippen LogP contribution in [0.4, 0.5) is 0 Å². The second-order valence-electron chi connectivity index (χ2n) is 16.6. The van der Waals surface area contributed by atoms with Gasteiger partial charge in [-0.15, -0.1) is 0 Å². The number of hydrogen-bond acceptors (Lipinski definition) is 12. The second-order valence-corrected chi connectivity index (χ2v) is 18.1. The molecule has 0 aromatic rings. The van der Waals surface area contributed by atoms with E-state index in [0.29, 0.717) is 12.8 Å². The molecule has 1 aliphatic heterocycles. The molecule has 0 aromatic heterocycles. The predicted molar refractivity (Wildman–Crippen MR) is 252 cm³/mol. The highest BCUT2D eigenvalue weighted by Crippen LogP contribution is 2.43. The summed E-state index contributed by atoms with van der Waals surface area (Å²) in [7, 11) is -4.59. The van der Waals surface area contributed by atoms with Crippen molar-refractivity contribution >= 4 is 13.8 Å². The summed E-state index contributed by atoms with van der Waals surface area (Å²) < 4.78 is 39.1. The molecular formula is C49H88NO12P. The number of carbonyl (C=O) groups excluding carboxylic acids is 1. The average Bonchev–Trinajstić information content (AvgIpc) is 3.26. The molecule has 6 atom stereocenters. The van der Waals surface area contributed by atoms with Crippen molar-refractivity contribution in [3.8, 4) is 0 Å². The number of rotatable bonds is 42. The molecule has 1 aliphatic rings. The Balaban J connectivity index is 2.43. The van der Waals surface area contributed by atoms with Gasteiger partial charge in [-0.1, -0.05) is 159 Å². The lowest BCUT2D eigenvalue weighted by Crippen LogP contribution is -2.64. The number of allylic oxidation sites excluding steroid dienone is 9. The maximum absolute atomic E-state index is 12.7. The van der Waals surface area contributed by atoms with Crippen LogP contribution in [0.1, 0.15) is 174 Å². The lowest BCUT2D eigenvalue weighted by molar-refractivity contribution is -0.317. The van der Waals surface area contributed by atoms with Crippen LogP contribution in [0.25, 0.3) is 0 Å². The van der Waals surface area contributed by atoms with E-state index in [0.717, 1.165) is 44.9 Å². The minimum Gasteiger partial charge on any atom is -0.498 e. The molecule has 6 N–H and O–H groups in total. The quantitative estimate of drug-likeness (QED) is 0.0112. The molecule has 13 nitrogen and oxygen atoms in total. The minimum atomic E-state index is -4.59. The second kappa shape index (κ2) is 40.1. The molecule has 0 aromatic carbocycles.